The molecule has 6 heteroatoms. The summed E-state index contributed by atoms with van der Waals surface area (Å²) in [5.41, 5.74) is 16.7. The van der Waals surface area contributed by atoms with Crippen molar-refractivity contribution in [2.24, 2.45) is 0 Å². The molecule has 0 N–H and O–H groups in total. The molecular weight excluding hydrogens is 889 g/mol. The average Bonchev–Trinajstić information content (AvgIpc) is 4.10. The monoisotopic (exact) mass is 928 g/mol. The van der Waals surface area contributed by atoms with E-state index in [-0.39, 0.29) is 0 Å². The van der Waals surface area contributed by atoms with E-state index in [0.717, 1.165) is 121 Å². The molecule has 0 unspecified atom stereocenters. The maximum Gasteiger partial charge on any atom is 0.162 e. The number of hydrogen-bond donors (Lipinski definition) is 0. The van der Waals surface area contributed by atoms with E-state index in [4.69, 9.17) is 4.98 Å². The molecule has 4 heterocycles. The Balaban J connectivity index is 1.17. The van der Waals surface area contributed by atoms with Crippen molar-refractivity contribution in [1.82, 2.24) is 18.7 Å². The summed E-state index contributed by atoms with van der Waals surface area (Å²) in [5, 5.41) is 27.7. The second-order valence-electron chi connectivity index (χ2n) is 18.5. The van der Waals surface area contributed by atoms with Gasteiger partial charge in [0, 0.05) is 37.9 Å². The van der Waals surface area contributed by atoms with E-state index >= 15 is 0 Å². The maximum absolute atomic E-state index is 10.8. The smallest absolute Gasteiger partial charge is 0.162 e. The fourth-order valence-corrected chi connectivity index (χ4v) is 11.3. The summed E-state index contributed by atoms with van der Waals surface area (Å²) in [6.45, 7) is 0. The highest BCUT2D eigenvalue weighted by atomic mass is 15.1. The standard InChI is InChI=1S/C67H40N6/c68-40-50-29-28-49(36-51(50)41-69)65-64(71-58-25-13-10-22-52(58)55-37-46(30-33-61(55)71)43-16-4-1-5-17-43)42-70-67(73-60-27-15-12-24-54(60)57-39-48(32-35-63(57)73)45-20-8-3-9-21-45)66(65)72-59-26-14-11-23-53(59)56-38-47(31-34-62(56)72)44-18-6-2-7-19-44/h1-39,42H. The zero-order valence-corrected chi connectivity index (χ0v) is 39.3. The number of para-hydroxylation sites is 3. The molecule has 0 saturated heterocycles. The molecule has 0 atom stereocenters. The molecule has 0 amide bonds. The van der Waals surface area contributed by atoms with Gasteiger partial charge < -0.3 is 9.13 Å². The summed E-state index contributed by atoms with van der Waals surface area (Å²) in [7, 11) is 0. The Morgan fingerprint density at radius 3 is 1.16 bits per heavy atom. The molecule has 0 fully saturated rings. The summed E-state index contributed by atoms with van der Waals surface area (Å²) >= 11 is 0. The Hall–Kier alpha value is -10.3. The molecule has 73 heavy (non-hydrogen) atoms. The number of nitrogens with zero attached hydrogens (tertiary/aromatic N) is 6. The number of pyridine rings is 1. The van der Waals surface area contributed by atoms with Crippen LogP contribution in [0, 0.1) is 22.7 Å². The van der Waals surface area contributed by atoms with Crippen molar-refractivity contribution < 1.29 is 0 Å². The first-order valence-corrected chi connectivity index (χ1v) is 24.4. The Bertz CT molecular complexity index is 4620. The minimum absolute atomic E-state index is 0.296. The Morgan fingerprint density at radius 1 is 0.301 bits per heavy atom. The second-order valence-corrected chi connectivity index (χ2v) is 18.5. The van der Waals surface area contributed by atoms with Crippen molar-refractivity contribution in [3.63, 3.8) is 0 Å². The summed E-state index contributed by atoms with van der Waals surface area (Å²) in [5.74, 6) is 0.710. The van der Waals surface area contributed by atoms with Gasteiger partial charge in [0.1, 0.15) is 12.1 Å². The van der Waals surface area contributed by atoms with E-state index in [0.29, 0.717) is 16.9 Å². The lowest BCUT2D eigenvalue weighted by Crippen LogP contribution is -2.11. The van der Waals surface area contributed by atoms with Gasteiger partial charge in [-0.1, -0.05) is 170 Å². The van der Waals surface area contributed by atoms with E-state index in [9.17, 15) is 10.5 Å². The predicted molar refractivity (Wildman–Crippen MR) is 298 cm³/mol. The highest BCUT2D eigenvalue weighted by Crippen LogP contribution is 2.47. The van der Waals surface area contributed by atoms with Gasteiger partial charge in [-0.2, -0.15) is 10.5 Å². The molecule has 0 bridgehead atoms. The highest BCUT2D eigenvalue weighted by molar-refractivity contribution is 6.15. The van der Waals surface area contributed by atoms with Gasteiger partial charge in [0.05, 0.1) is 61.8 Å². The number of aromatic nitrogens is 4. The topological polar surface area (TPSA) is 75.3 Å². The minimum atomic E-state index is 0.296. The van der Waals surface area contributed by atoms with Crippen LogP contribution in [0.2, 0.25) is 0 Å². The van der Waals surface area contributed by atoms with Crippen LogP contribution in [0.15, 0.2) is 243 Å². The Morgan fingerprint density at radius 2 is 0.685 bits per heavy atom. The molecule has 0 aliphatic carbocycles. The van der Waals surface area contributed by atoms with Gasteiger partial charge in [-0.15, -0.1) is 0 Å². The lowest BCUT2D eigenvalue weighted by atomic mass is 9.97. The summed E-state index contributed by atoms with van der Waals surface area (Å²) < 4.78 is 7.03. The predicted octanol–water partition coefficient (Wildman–Crippen LogP) is 16.8. The molecule has 0 aliphatic rings. The summed E-state index contributed by atoms with van der Waals surface area (Å²) in [4.78, 5) is 5.74. The van der Waals surface area contributed by atoms with Crippen molar-refractivity contribution in [2.75, 3.05) is 0 Å². The third-order valence-corrected chi connectivity index (χ3v) is 14.6. The van der Waals surface area contributed by atoms with E-state index in [1.807, 2.05) is 36.5 Å². The number of fused-ring (bicyclic) bond motifs is 9. The van der Waals surface area contributed by atoms with E-state index < -0.39 is 0 Å². The normalized spacial score (nSPS) is 11.5. The lowest BCUT2D eigenvalue weighted by molar-refractivity contribution is 1.01. The molecule has 0 radical (unpaired) electrons. The van der Waals surface area contributed by atoms with Crippen molar-refractivity contribution in [3.8, 4) is 73.8 Å². The van der Waals surface area contributed by atoms with Crippen LogP contribution < -0.4 is 0 Å². The van der Waals surface area contributed by atoms with Gasteiger partial charge in [0.25, 0.3) is 0 Å². The molecule has 338 valence electrons. The van der Waals surface area contributed by atoms with Crippen LogP contribution in [0.3, 0.4) is 0 Å². The van der Waals surface area contributed by atoms with Gasteiger partial charge in [-0.05, 0) is 106 Å². The highest BCUT2D eigenvalue weighted by Gasteiger charge is 2.29. The van der Waals surface area contributed by atoms with Crippen molar-refractivity contribution in [2.45, 2.75) is 0 Å². The molecule has 10 aromatic carbocycles. The number of rotatable bonds is 7. The zero-order valence-electron chi connectivity index (χ0n) is 39.3. The van der Waals surface area contributed by atoms with Gasteiger partial charge in [0.15, 0.2) is 5.82 Å². The first-order chi connectivity index (χ1) is 36.1. The average molecular weight is 929 g/mol. The maximum atomic E-state index is 10.8. The van der Waals surface area contributed by atoms with Gasteiger partial charge in [-0.25, -0.2) is 4.98 Å². The molecule has 0 saturated carbocycles. The molecule has 0 spiro atoms. The van der Waals surface area contributed by atoms with Crippen LogP contribution in [-0.2, 0) is 0 Å². The molecule has 0 aliphatic heterocycles. The third-order valence-electron chi connectivity index (χ3n) is 14.6. The summed E-state index contributed by atoms with van der Waals surface area (Å²) in [6, 6.07) is 87.8. The van der Waals surface area contributed by atoms with Crippen LogP contribution >= 0.6 is 0 Å². The first kappa shape index (κ1) is 41.7. The van der Waals surface area contributed by atoms with Crippen LogP contribution in [0.1, 0.15) is 11.1 Å². The number of benzene rings is 10. The van der Waals surface area contributed by atoms with Gasteiger partial charge in [-0.3, -0.25) is 4.57 Å². The molecule has 14 rings (SSSR count). The van der Waals surface area contributed by atoms with Crippen molar-refractivity contribution in [1.29, 1.82) is 10.5 Å². The molecular formula is C67H40N6. The molecule has 6 nitrogen and oxygen atoms in total. The number of hydrogen-bond acceptors (Lipinski definition) is 3. The quantitative estimate of drug-likeness (QED) is 0.160. The van der Waals surface area contributed by atoms with E-state index in [1.165, 1.54) is 0 Å². The van der Waals surface area contributed by atoms with Crippen LogP contribution in [0.4, 0.5) is 0 Å². The van der Waals surface area contributed by atoms with Crippen LogP contribution in [0.5, 0.6) is 0 Å². The van der Waals surface area contributed by atoms with Crippen LogP contribution in [-0.4, -0.2) is 18.7 Å². The SMILES string of the molecule is N#Cc1ccc(-c2c(-n3c4ccccc4c4cc(-c5ccccc5)ccc43)cnc(-n3c4ccccc4c4cc(-c5ccccc5)ccc43)c2-n2c3ccccc3c3cc(-c4ccccc4)ccc32)cc1C#N. The number of nitriles is 2. The van der Waals surface area contributed by atoms with E-state index in [1.54, 1.807) is 6.07 Å². The van der Waals surface area contributed by atoms with Crippen LogP contribution in [0.25, 0.3) is 127 Å². The zero-order chi connectivity index (χ0) is 48.6. The third kappa shape index (κ3) is 6.52. The minimum Gasteiger partial charge on any atom is -0.307 e. The van der Waals surface area contributed by atoms with Crippen molar-refractivity contribution in [3.05, 3.63) is 254 Å². The second kappa shape index (κ2) is 16.7. The largest absolute Gasteiger partial charge is 0.307 e. The first-order valence-electron chi connectivity index (χ1n) is 24.4. The van der Waals surface area contributed by atoms with E-state index in [2.05, 4.69) is 226 Å². The van der Waals surface area contributed by atoms with Gasteiger partial charge >= 0.3 is 0 Å². The van der Waals surface area contributed by atoms with Gasteiger partial charge in [0.2, 0.25) is 0 Å². The summed E-state index contributed by atoms with van der Waals surface area (Å²) in [6.07, 6.45) is 2.01. The fraction of sp³-hybridized carbons (Fsp3) is 0. The Labute approximate surface area is 420 Å². The molecule has 4 aromatic heterocycles. The lowest BCUT2D eigenvalue weighted by Gasteiger charge is -2.23. The van der Waals surface area contributed by atoms with Crippen molar-refractivity contribution >= 4 is 65.4 Å². The molecule has 14 aromatic rings. The fourth-order valence-electron chi connectivity index (χ4n) is 11.3. The Kier molecular flexibility index (Phi) is 9.54.